The first kappa shape index (κ1) is 17.0. The molecule has 1 N–H and O–H groups in total. The van der Waals surface area contributed by atoms with E-state index < -0.39 is 5.91 Å². The van der Waals surface area contributed by atoms with Crippen LogP contribution in [0.3, 0.4) is 0 Å². The van der Waals surface area contributed by atoms with Crippen molar-refractivity contribution in [2.24, 2.45) is 0 Å². The molecule has 6 heteroatoms. The summed E-state index contributed by atoms with van der Waals surface area (Å²) in [5.41, 5.74) is 1.97. The van der Waals surface area contributed by atoms with Gasteiger partial charge < -0.3 is 5.32 Å². The highest BCUT2D eigenvalue weighted by atomic mass is 35.5. The molecular weight excluding hydrogens is 357 g/mol. The minimum Gasteiger partial charge on any atom is -0.321 e. The summed E-state index contributed by atoms with van der Waals surface area (Å²) in [6.07, 6.45) is 3.23. The molecule has 0 saturated heterocycles. The van der Waals surface area contributed by atoms with Crippen molar-refractivity contribution in [1.82, 2.24) is 4.98 Å². The molecule has 3 aromatic rings. The predicted octanol–water partition coefficient (Wildman–Crippen LogP) is 5.09. The van der Waals surface area contributed by atoms with Crippen molar-refractivity contribution in [2.45, 2.75) is 0 Å². The normalized spacial score (nSPS) is 11.2. The quantitative estimate of drug-likeness (QED) is 0.517. The lowest BCUT2D eigenvalue weighted by Crippen LogP contribution is -2.13. The largest absolute Gasteiger partial charge is 0.321 e. The highest BCUT2D eigenvalue weighted by Gasteiger charge is 2.10. The molecule has 4 nitrogen and oxygen atoms in total. The van der Waals surface area contributed by atoms with E-state index in [2.05, 4.69) is 10.3 Å². The van der Waals surface area contributed by atoms with E-state index in [1.165, 1.54) is 6.08 Å². The minimum atomic E-state index is -0.535. The molecule has 0 radical (unpaired) electrons. The maximum Gasteiger partial charge on any atom is 0.266 e. The van der Waals surface area contributed by atoms with Crippen LogP contribution in [0, 0.1) is 11.3 Å². The molecule has 122 valence electrons. The lowest BCUT2D eigenvalue weighted by atomic mass is 10.1. The van der Waals surface area contributed by atoms with E-state index in [0.29, 0.717) is 15.7 Å². The van der Waals surface area contributed by atoms with Gasteiger partial charge in [-0.3, -0.25) is 9.78 Å². The van der Waals surface area contributed by atoms with Crippen molar-refractivity contribution in [2.75, 3.05) is 5.32 Å². The zero-order valence-electron chi connectivity index (χ0n) is 12.8. The molecule has 0 atom stereocenters. The van der Waals surface area contributed by atoms with Crippen LogP contribution in [-0.4, -0.2) is 10.9 Å². The van der Waals surface area contributed by atoms with Gasteiger partial charge in [0.2, 0.25) is 0 Å². The Labute approximate surface area is 154 Å². The first-order valence-corrected chi connectivity index (χ1v) is 8.05. The van der Waals surface area contributed by atoms with Gasteiger partial charge in [-0.2, -0.15) is 5.26 Å². The number of nitrogens with zero attached hydrogens (tertiary/aromatic N) is 2. The number of nitriles is 1. The van der Waals surface area contributed by atoms with E-state index in [1.54, 1.807) is 30.5 Å². The number of pyridine rings is 1. The second-order valence-electron chi connectivity index (χ2n) is 5.24. The van der Waals surface area contributed by atoms with Gasteiger partial charge in [-0.15, -0.1) is 0 Å². The first-order chi connectivity index (χ1) is 12.0. The average Bonchev–Trinajstić information content (AvgIpc) is 2.58. The lowest BCUT2D eigenvalue weighted by molar-refractivity contribution is -0.112. The van der Waals surface area contributed by atoms with Crippen molar-refractivity contribution >= 4 is 51.8 Å². The van der Waals surface area contributed by atoms with E-state index >= 15 is 0 Å². The molecule has 3 rings (SSSR count). The Morgan fingerprint density at radius 1 is 1.12 bits per heavy atom. The number of hydrogen-bond acceptors (Lipinski definition) is 3. The Balaban J connectivity index is 1.88. The van der Waals surface area contributed by atoms with Crippen molar-refractivity contribution in [3.05, 3.63) is 75.9 Å². The number of rotatable bonds is 3. The Kier molecular flexibility index (Phi) is 4.99. The fraction of sp³-hybridized carbons (Fsp3) is 0. The first-order valence-electron chi connectivity index (χ1n) is 7.29. The Hall–Kier alpha value is -2.87. The highest BCUT2D eigenvalue weighted by molar-refractivity contribution is 6.35. The minimum absolute atomic E-state index is 0.0284. The summed E-state index contributed by atoms with van der Waals surface area (Å²) in [7, 11) is 0. The summed E-state index contributed by atoms with van der Waals surface area (Å²) >= 11 is 11.8. The third kappa shape index (κ3) is 4.16. The summed E-state index contributed by atoms with van der Waals surface area (Å²) in [4.78, 5) is 16.6. The maximum absolute atomic E-state index is 12.3. The molecule has 0 saturated carbocycles. The zero-order valence-corrected chi connectivity index (χ0v) is 14.3. The maximum atomic E-state index is 12.3. The number of aromatic nitrogens is 1. The van der Waals surface area contributed by atoms with Crippen LogP contribution in [0.1, 0.15) is 5.56 Å². The van der Waals surface area contributed by atoms with Crippen molar-refractivity contribution in [3.63, 3.8) is 0 Å². The predicted molar refractivity (Wildman–Crippen MR) is 100 cm³/mol. The third-order valence-electron chi connectivity index (χ3n) is 3.42. The van der Waals surface area contributed by atoms with Crippen LogP contribution in [0.5, 0.6) is 0 Å². The molecule has 0 aliphatic rings. The van der Waals surface area contributed by atoms with Gasteiger partial charge in [-0.05, 0) is 48.0 Å². The molecule has 0 aliphatic heterocycles. The van der Waals surface area contributed by atoms with E-state index in [1.807, 2.05) is 30.3 Å². The summed E-state index contributed by atoms with van der Waals surface area (Å²) < 4.78 is 0. The topological polar surface area (TPSA) is 65.8 Å². The average molecular weight is 368 g/mol. The SMILES string of the molecule is N#C/C(=C/c1ccc2ncccc2c1)C(=O)Nc1cc(Cl)cc(Cl)c1. The van der Waals surface area contributed by atoms with Crippen molar-refractivity contribution in [3.8, 4) is 6.07 Å². The van der Waals surface area contributed by atoms with Crippen molar-refractivity contribution in [1.29, 1.82) is 5.26 Å². The summed E-state index contributed by atoms with van der Waals surface area (Å²) in [5, 5.41) is 13.7. The second-order valence-corrected chi connectivity index (χ2v) is 6.11. The monoisotopic (exact) mass is 367 g/mol. The Bertz CT molecular complexity index is 1020. The number of hydrogen-bond donors (Lipinski definition) is 1. The number of halogens is 2. The highest BCUT2D eigenvalue weighted by Crippen LogP contribution is 2.23. The molecule has 0 bridgehead atoms. The molecule has 2 aromatic carbocycles. The van der Waals surface area contributed by atoms with Gasteiger partial charge in [0.05, 0.1) is 5.52 Å². The van der Waals surface area contributed by atoms with Crippen LogP contribution in [-0.2, 0) is 4.79 Å². The number of carbonyl (C=O) groups is 1. The van der Waals surface area contributed by atoms with E-state index in [-0.39, 0.29) is 5.57 Å². The van der Waals surface area contributed by atoms with Crippen LogP contribution < -0.4 is 5.32 Å². The van der Waals surface area contributed by atoms with Crippen LogP contribution in [0.15, 0.2) is 60.3 Å². The Morgan fingerprint density at radius 3 is 2.60 bits per heavy atom. The number of amides is 1. The van der Waals surface area contributed by atoms with E-state index in [4.69, 9.17) is 23.2 Å². The van der Waals surface area contributed by atoms with Gasteiger partial charge >= 0.3 is 0 Å². The number of fused-ring (bicyclic) bond motifs is 1. The van der Waals surface area contributed by atoms with Gasteiger partial charge in [0.1, 0.15) is 11.6 Å². The number of benzene rings is 2. The van der Waals surface area contributed by atoms with Gasteiger partial charge in [0.25, 0.3) is 5.91 Å². The number of nitrogens with one attached hydrogen (secondary N) is 1. The fourth-order valence-corrected chi connectivity index (χ4v) is 2.85. The molecule has 0 fully saturated rings. The smallest absolute Gasteiger partial charge is 0.266 e. The van der Waals surface area contributed by atoms with Gasteiger partial charge in [0, 0.05) is 27.3 Å². The van der Waals surface area contributed by atoms with Crippen molar-refractivity contribution < 1.29 is 4.79 Å². The van der Waals surface area contributed by atoms with Crippen LogP contribution in [0.4, 0.5) is 5.69 Å². The summed E-state index contributed by atoms with van der Waals surface area (Å²) in [6, 6.07) is 15.8. The molecule has 25 heavy (non-hydrogen) atoms. The molecule has 1 heterocycles. The molecular formula is C19H11Cl2N3O. The molecule has 1 amide bonds. The van der Waals surface area contributed by atoms with Gasteiger partial charge in [-0.25, -0.2) is 0 Å². The van der Waals surface area contributed by atoms with E-state index in [9.17, 15) is 10.1 Å². The molecule has 1 aromatic heterocycles. The number of anilines is 1. The zero-order chi connectivity index (χ0) is 17.8. The Morgan fingerprint density at radius 2 is 1.88 bits per heavy atom. The van der Waals surface area contributed by atoms with Crippen LogP contribution in [0.2, 0.25) is 10.0 Å². The summed E-state index contributed by atoms with van der Waals surface area (Å²) in [5.74, 6) is -0.535. The fourth-order valence-electron chi connectivity index (χ4n) is 2.32. The summed E-state index contributed by atoms with van der Waals surface area (Å²) in [6.45, 7) is 0. The molecule has 0 aliphatic carbocycles. The number of carbonyl (C=O) groups excluding carboxylic acids is 1. The standard InChI is InChI=1S/C19H11Cl2N3O/c20-15-8-16(21)10-17(9-15)24-19(25)14(11-22)7-12-3-4-18-13(6-12)2-1-5-23-18/h1-10H,(H,24,25)/b14-7-. The van der Waals surface area contributed by atoms with Crippen LogP contribution >= 0.6 is 23.2 Å². The molecule has 0 unspecified atom stereocenters. The van der Waals surface area contributed by atoms with Gasteiger partial charge in [-0.1, -0.05) is 35.3 Å². The van der Waals surface area contributed by atoms with Gasteiger partial charge in [0.15, 0.2) is 0 Å². The molecule has 0 spiro atoms. The third-order valence-corrected chi connectivity index (χ3v) is 3.86. The van der Waals surface area contributed by atoms with Crippen LogP contribution in [0.25, 0.3) is 17.0 Å². The van der Waals surface area contributed by atoms with E-state index in [0.717, 1.165) is 16.5 Å². The lowest BCUT2D eigenvalue weighted by Gasteiger charge is -2.06. The second kappa shape index (κ2) is 7.35.